The lowest BCUT2D eigenvalue weighted by atomic mass is 10.1. The number of tetrazole rings is 1. The van der Waals surface area contributed by atoms with Crippen LogP contribution >= 0.6 is 11.6 Å². The topological polar surface area (TPSA) is 51.3 Å². The fraction of sp³-hybridized carbons (Fsp3) is 0.350. The van der Waals surface area contributed by atoms with E-state index in [1.54, 1.807) is 0 Å². The average Bonchev–Trinajstić information content (AvgIpc) is 3.12. The molecule has 1 aliphatic heterocycles. The molecule has 0 spiro atoms. The zero-order valence-corrected chi connectivity index (χ0v) is 16.2. The Hall–Kier alpha value is -2.44. The van der Waals surface area contributed by atoms with Gasteiger partial charge in [0.05, 0.1) is 32.7 Å². The number of hydrogen-bond donors (Lipinski definition) is 1. The summed E-state index contributed by atoms with van der Waals surface area (Å²) in [6.45, 7) is 7.84. The third-order valence-corrected chi connectivity index (χ3v) is 5.41. The second-order valence-corrected chi connectivity index (χ2v) is 7.52. The van der Waals surface area contributed by atoms with E-state index >= 15 is 0 Å². The molecular formula is C20H24ClN6+. The quantitative estimate of drug-likeness (QED) is 0.727. The minimum absolute atomic E-state index is 0.713. The first kappa shape index (κ1) is 17.9. The lowest BCUT2D eigenvalue weighted by Gasteiger charge is -2.34. The van der Waals surface area contributed by atoms with Crippen molar-refractivity contribution in [1.29, 1.82) is 0 Å². The molecule has 4 rings (SSSR count). The van der Waals surface area contributed by atoms with Crippen LogP contribution in [0.25, 0.3) is 0 Å². The summed E-state index contributed by atoms with van der Waals surface area (Å²) in [6, 6.07) is 16.4. The minimum Gasteiger partial charge on any atom is -0.360 e. The van der Waals surface area contributed by atoms with Crippen molar-refractivity contribution in [2.24, 2.45) is 0 Å². The summed E-state index contributed by atoms with van der Waals surface area (Å²) >= 11 is 6.19. The standard InChI is InChI=1S/C20H23ClN6/c1-16-7-8-18(21)13-19(16)26-11-9-25(10-12-26)15-20-22-23-24-27(20)14-17-5-3-2-4-6-17/h2-8,13H,9-12,14-15H2,1H3/p+1. The summed E-state index contributed by atoms with van der Waals surface area (Å²) < 4.78 is 1.91. The Morgan fingerprint density at radius 3 is 2.63 bits per heavy atom. The van der Waals surface area contributed by atoms with Gasteiger partial charge in [0.1, 0.15) is 6.54 Å². The molecule has 140 valence electrons. The number of aryl methyl sites for hydroxylation is 1. The SMILES string of the molecule is Cc1ccc(Cl)cc1N1CC[NH+](Cc2nnnn2Cc2ccccc2)CC1. The van der Waals surface area contributed by atoms with Gasteiger partial charge in [0.2, 0.25) is 5.82 Å². The van der Waals surface area contributed by atoms with Crippen molar-refractivity contribution < 1.29 is 4.90 Å². The summed E-state index contributed by atoms with van der Waals surface area (Å²) in [5, 5.41) is 13.1. The van der Waals surface area contributed by atoms with E-state index in [2.05, 4.69) is 51.6 Å². The minimum atomic E-state index is 0.713. The number of halogens is 1. The Labute approximate surface area is 164 Å². The Balaban J connectivity index is 1.37. The molecule has 3 aromatic rings. The van der Waals surface area contributed by atoms with E-state index < -0.39 is 0 Å². The highest BCUT2D eigenvalue weighted by Crippen LogP contribution is 2.24. The molecular weight excluding hydrogens is 360 g/mol. The zero-order chi connectivity index (χ0) is 18.6. The highest BCUT2D eigenvalue weighted by molar-refractivity contribution is 6.30. The van der Waals surface area contributed by atoms with Gasteiger partial charge in [-0.2, -0.15) is 0 Å². The monoisotopic (exact) mass is 383 g/mol. The molecule has 2 heterocycles. The molecule has 0 bridgehead atoms. The van der Waals surface area contributed by atoms with Crippen LogP contribution in [0.2, 0.25) is 5.02 Å². The second kappa shape index (κ2) is 8.06. The highest BCUT2D eigenvalue weighted by atomic mass is 35.5. The summed E-state index contributed by atoms with van der Waals surface area (Å²) in [6.07, 6.45) is 0. The lowest BCUT2D eigenvalue weighted by molar-refractivity contribution is -0.915. The molecule has 1 fully saturated rings. The zero-order valence-electron chi connectivity index (χ0n) is 15.5. The summed E-state index contributed by atoms with van der Waals surface area (Å²) in [4.78, 5) is 3.94. The van der Waals surface area contributed by atoms with E-state index in [1.807, 2.05) is 28.9 Å². The molecule has 1 saturated heterocycles. The third kappa shape index (κ3) is 4.28. The third-order valence-electron chi connectivity index (χ3n) is 5.17. The van der Waals surface area contributed by atoms with Crippen molar-refractivity contribution in [3.05, 3.63) is 70.5 Å². The molecule has 0 amide bonds. The van der Waals surface area contributed by atoms with Gasteiger partial charge in [-0.1, -0.05) is 48.0 Å². The number of hydrogen-bond acceptors (Lipinski definition) is 4. The van der Waals surface area contributed by atoms with E-state index in [0.717, 1.165) is 43.6 Å². The van der Waals surface area contributed by atoms with Crippen molar-refractivity contribution in [1.82, 2.24) is 20.2 Å². The average molecular weight is 384 g/mol. The van der Waals surface area contributed by atoms with Crippen LogP contribution in [0.1, 0.15) is 17.0 Å². The van der Waals surface area contributed by atoms with Gasteiger partial charge in [-0.15, -0.1) is 5.10 Å². The van der Waals surface area contributed by atoms with Crippen LogP contribution in [-0.4, -0.2) is 46.4 Å². The van der Waals surface area contributed by atoms with Gasteiger partial charge >= 0.3 is 0 Å². The van der Waals surface area contributed by atoms with Gasteiger partial charge in [0.25, 0.3) is 0 Å². The lowest BCUT2D eigenvalue weighted by Crippen LogP contribution is -3.13. The number of aromatic nitrogens is 4. The summed E-state index contributed by atoms with van der Waals surface area (Å²) in [5.74, 6) is 0.946. The van der Waals surface area contributed by atoms with E-state index in [4.69, 9.17) is 11.6 Å². The number of rotatable bonds is 5. The first-order valence-electron chi connectivity index (χ1n) is 9.32. The summed E-state index contributed by atoms with van der Waals surface area (Å²) in [7, 11) is 0. The Morgan fingerprint density at radius 1 is 1.07 bits per heavy atom. The fourth-order valence-electron chi connectivity index (χ4n) is 3.62. The predicted molar refractivity (Wildman–Crippen MR) is 106 cm³/mol. The number of nitrogens with one attached hydrogen (secondary N) is 1. The number of nitrogens with zero attached hydrogens (tertiary/aromatic N) is 5. The first-order valence-corrected chi connectivity index (χ1v) is 9.70. The fourth-order valence-corrected chi connectivity index (χ4v) is 3.78. The molecule has 7 heteroatoms. The van der Waals surface area contributed by atoms with Crippen LogP contribution in [0.4, 0.5) is 5.69 Å². The number of anilines is 1. The highest BCUT2D eigenvalue weighted by Gasteiger charge is 2.23. The van der Waals surface area contributed by atoms with Crippen LogP contribution in [-0.2, 0) is 13.1 Å². The molecule has 6 nitrogen and oxygen atoms in total. The second-order valence-electron chi connectivity index (χ2n) is 7.08. The Bertz CT molecular complexity index is 886. The maximum atomic E-state index is 6.19. The number of piperazine rings is 1. The van der Waals surface area contributed by atoms with Gasteiger partial charge < -0.3 is 9.80 Å². The van der Waals surface area contributed by atoms with Crippen LogP contribution in [0.3, 0.4) is 0 Å². The molecule has 1 N–H and O–H groups in total. The molecule has 2 aromatic carbocycles. The maximum absolute atomic E-state index is 6.19. The van der Waals surface area contributed by atoms with Gasteiger partial charge in [-0.25, -0.2) is 4.68 Å². The normalized spacial score (nSPS) is 15.3. The van der Waals surface area contributed by atoms with Gasteiger partial charge in [0, 0.05) is 10.7 Å². The van der Waals surface area contributed by atoms with Crippen molar-refractivity contribution in [2.45, 2.75) is 20.0 Å². The predicted octanol–water partition coefficient (Wildman–Crippen LogP) is 1.59. The number of benzene rings is 2. The van der Waals surface area contributed by atoms with Gasteiger partial charge in [0.15, 0.2) is 0 Å². The Kier molecular flexibility index (Phi) is 5.36. The van der Waals surface area contributed by atoms with Crippen LogP contribution in [0.15, 0.2) is 48.5 Å². The number of quaternary nitrogens is 1. The van der Waals surface area contributed by atoms with Crippen molar-refractivity contribution in [3.63, 3.8) is 0 Å². The van der Waals surface area contributed by atoms with E-state index in [9.17, 15) is 0 Å². The smallest absolute Gasteiger partial charge is 0.206 e. The molecule has 1 aromatic heterocycles. The van der Waals surface area contributed by atoms with Gasteiger partial charge in [-0.05, 0) is 40.6 Å². The molecule has 0 aliphatic carbocycles. The van der Waals surface area contributed by atoms with Gasteiger partial charge in [-0.3, -0.25) is 0 Å². The van der Waals surface area contributed by atoms with Crippen LogP contribution in [0, 0.1) is 6.92 Å². The van der Waals surface area contributed by atoms with E-state index in [0.29, 0.717) is 6.54 Å². The molecule has 0 unspecified atom stereocenters. The molecule has 0 saturated carbocycles. The first-order chi connectivity index (χ1) is 13.2. The van der Waals surface area contributed by atoms with E-state index in [-0.39, 0.29) is 0 Å². The van der Waals surface area contributed by atoms with Crippen molar-refractivity contribution >= 4 is 17.3 Å². The Morgan fingerprint density at radius 2 is 1.85 bits per heavy atom. The maximum Gasteiger partial charge on any atom is 0.206 e. The molecule has 0 radical (unpaired) electrons. The molecule has 27 heavy (non-hydrogen) atoms. The van der Waals surface area contributed by atoms with E-state index in [1.165, 1.54) is 21.7 Å². The van der Waals surface area contributed by atoms with Crippen LogP contribution in [0.5, 0.6) is 0 Å². The van der Waals surface area contributed by atoms with Crippen molar-refractivity contribution in [3.8, 4) is 0 Å². The largest absolute Gasteiger partial charge is 0.360 e. The molecule has 1 aliphatic rings. The molecule has 0 atom stereocenters. The van der Waals surface area contributed by atoms with Crippen molar-refractivity contribution in [2.75, 3.05) is 31.1 Å². The summed E-state index contributed by atoms with van der Waals surface area (Å²) in [5.41, 5.74) is 3.73. The van der Waals surface area contributed by atoms with Crippen LogP contribution < -0.4 is 9.80 Å².